The topological polar surface area (TPSA) is 91.3 Å². The van der Waals surface area contributed by atoms with Crippen LogP contribution in [-0.4, -0.2) is 34.5 Å². The van der Waals surface area contributed by atoms with E-state index in [1.54, 1.807) is 0 Å². The maximum absolute atomic E-state index is 11.6. The lowest BCUT2D eigenvalue weighted by Gasteiger charge is -2.06. The molecule has 96 valence electrons. The number of aromatic nitrogens is 1. The third kappa shape index (κ3) is 3.44. The third-order valence-corrected chi connectivity index (χ3v) is 2.58. The molecule has 1 heterocycles. The van der Waals surface area contributed by atoms with Crippen LogP contribution in [0.1, 0.15) is 29.8 Å². The molecule has 6 heteroatoms. The van der Waals surface area contributed by atoms with Gasteiger partial charge >= 0.3 is 0 Å². The molecule has 0 bridgehead atoms. The van der Waals surface area contributed by atoms with E-state index in [1.807, 2.05) is 0 Å². The molecule has 1 fully saturated rings. The van der Waals surface area contributed by atoms with Crippen LogP contribution in [-0.2, 0) is 4.79 Å². The lowest BCUT2D eigenvalue weighted by Crippen LogP contribution is -2.32. The molecule has 2 rings (SSSR count). The van der Waals surface area contributed by atoms with Gasteiger partial charge in [-0.1, -0.05) is 0 Å². The van der Waals surface area contributed by atoms with Crippen LogP contribution in [0.3, 0.4) is 0 Å². The Labute approximate surface area is 104 Å². The monoisotopic (exact) mass is 249 g/mol. The van der Waals surface area contributed by atoms with Crippen molar-refractivity contribution in [2.75, 3.05) is 6.54 Å². The van der Waals surface area contributed by atoms with Crippen molar-refractivity contribution in [3.8, 4) is 5.75 Å². The van der Waals surface area contributed by atoms with Crippen molar-refractivity contribution < 1.29 is 14.7 Å². The zero-order chi connectivity index (χ0) is 13.0. The Hall–Kier alpha value is -2.11. The van der Waals surface area contributed by atoms with E-state index in [2.05, 4.69) is 15.6 Å². The van der Waals surface area contributed by atoms with Gasteiger partial charge in [0.05, 0.1) is 0 Å². The molecule has 18 heavy (non-hydrogen) atoms. The quantitative estimate of drug-likeness (QED) is 0.694. The minimum absolute atomic E-state index is 0.0277. The fourth-order valence-electron chi connectivity index (χ4n) is 1.47. The van der Waals surface area contributed by atoms with Crippen LogP contribution in [0.15, 0.2) is 18.3 Å². The molecule has 1 aliphatic carbocycles. The Bertz CT molecular complexity index is 458. The zero-order valence-corrected chi connectivity index (χ0v) is 9.85. The second-order valence-corrected chi connectivity index (χ2v) is 4.22. The minimum atomic E-state index is -0.479. The molecule has 0 atom stereocenters. The normalized spacial score (nSPS) is 14.0. The lowest BCUT2D eigenvalue weighted by molar-refractivity contribution is -0.121. The first-order chi connectivity index (χ1) is 8.66. The molecule has 3 N–H and O–H groups in total. The molecular weight excluding hydrogens is 234 g/mol. The Morgan fingerprint density at radius 3 is 2.89 bits per heavy atom. The molecule has 0 spiro atoms. The zero-order valence-electron chi connectivity index (χ0n) is 9.85. The van der Waals surface area contributed by atoms with Crippen LogP contribution in [0.2, 0.25) is 0 Å². The summed E-state index contributed by atoms with van der Waals surface area (Å²) >= 11 is 0. The minimum Gasteiger partial charge on any atom is -0.505 e. The molecule has 1 saturated carbocycles. The Morgan fingerprint density at radius 1 is 1.44 bits per heavy atom. The summed E-state index contributed by atoms with van der Waals surface area (Å²) in [5.74, 6) is -0.715. The predicted molar refractivity (Wildman–Crippen MR) is 64.0 cm³/mol. The van der Waals surface area contributed by atoms with Gasteiger partial charge in [-0.3, -0.25) is 9.59 Å². The summed E-state index contributed by atoms with van der Waals surface area (Å²) in [4.78, 5) is 26.7. The van der Waals surface area contributed by atoms with Crippen molar-refractivity contribution in [3.05, 3.63) is 24.0 Å². The molecule has 0 radical (unpaired) electrons. The molecule has 1 aliphatic rings. The fourth-order valence-corrected chi connectivity index (χ4v) is 1.47. The number of aromatic hydroxyl groups is 1. The molecule has 0 unspecified atom stereocenters. The van der Waals surface area contributed by atoms with Crippen molar-refractivity contribution in [1.29, 1.82) is 0 Å². The number of hydrogen-bond donors (Lipinski definition) is 3. The van der Waals surface area contributed by atoms with E-state index in [-0.39, 0.29) is 30.3 Å². The molecule has 1 aromatic heterocycles. The van der Waals surface area contributed by atoms with Gasteiger partial charge in [0.25, 0.3) is 5.91 Å². The second-order valence-electron chi connectivity index (χ2n) is 4.22. The molecule has 0 aromatic carbocycles. The number of hydrogen-bond acceptors (Lipinski definition) is 4. The predicted octanol–water partition coefficient (Wildman–Crippen LogP) is 0.186. The molecular formula is C12H15N3O3. The first-order valence-electron chi connectivity index (χ1n) is 5.88. The SMILES string of the molecule is O=C(CCNC(=O)c1ncccc1O)NC1CC1. The van der Waals surface area contributed by atoms with Crippen molar-refractivity contribution in [1.82, 2.24) is 15.6 Å². The van der Waals surface area contributed by atoms with Crippen LogP contribution in [0.4, 0.5) is 0 Å². The van der Waals surface area contributed by atoms with Gasteiger partial charge in [0.15, 0.2) is 5.69 Å². The fraction of sp³-hybridized carbons (Fsp3) is 0.417. The van der Waals surface area contributed by atoms with Crippen molar-refractivity contribution >= 4 is 11.8 Å². The van der Waals surface area contributed by atoms with Crippen molar-refractivity contribution in [3.63, 3.8) is 0 Å². The Kier molecular flexibility index (Phi) is 3.76. The number of carbonyl (C=O) groups excluding carboxylic acids is 2. The van der Waals surface area contributed by atoms with Gasteiger partial charge in [0, 0.05) is 25.2 Å². The summed E-state index contributed by atoms with van der Waals surface area (Å²) in [7, 11) is 0. The molecule has 2 amide bonds. The number of rotatable bonds is 5. The highest BCUT2D eigenvalue weighted by atomic mass is 16.3. The molecule has 6 nitrogen and oxygen atoms in total. The highest BCUT2D eigenvalue weighted by Gasteiger charge is 2.22. The van der Waals surface area contributed by atoms with Gasteiger partial charge < -0.3 is 15.7 Å². The third-order valence-electron chi connectivity index (χ3n) is 2.58. The lowest BCUT2D eigenvalue weighted by atomic mass is 10.3. The first-order valence-corrected chi connectivity index (χ1v) is 5.88. The Morgan fingerprint density at radius 2 is 2.22 bits per heavy atom. The van der Waals surface area contributed by atoms with Crippen molar-refractivity contribution in [2.24, 2.45) is 0 Å². The van der Waals surface area contributed by atoms with E-state index in [9.17, 15) is 14.7 Å². The van der Waals surface area contributed by atoms with Crippen LogP contribution >= 0.6 is 0 Å². The molecule has 0 saturated heterocycles. The summed E-state index contributed by atoms with van der Waals surface area (Å²) < 4.78 is 0. The van der Waals surface area contributed by atoms with Gasteiger partial charge in [0.1, 0.15) is 5.75 Å². The average molecular weight is 249 g/mol. The van der Waals surface area contributed by atoms with Crippen LogP contribution in [0, 0.1) is 0 Å². The van der Waals surface area contributed by atoms with E-state index >= 15 is 0 Å². The van der Waals surface area contributed by atoms with E-state index in [0.29, 0.717) is 6.04 Å². The average Bonchev–Trinajstić information content (AvgIpc) is 3.13. The van der Waals surface area contributed by atoms with Gasteiger partial charge in [-0.05, 0) is 25.0 Å². The highest BCUT2D eigenvalue weighted by molar-refractivity contribution is 5.94. The maximum Gasteiger partial charge on any atom is 0.273 e. The van der Waals surface area contributed by atoms with Gasteiger partial charge in [-0.15, -0.1) is 0 Å². The van der Waals surface area contributed by atoms with Crippen molar-refractivity contribution in [2.45, 2.75) is 25.3 Å². The molecule has 0 aliphatic heterocycles. The summed E-state index contributed by atoms with van der Waals surface area (Å²) in [6, 6.07) is 3.25. The summed E-state index contributed by atoms with van der Waals surface area (Å²) in [6.45, 7) is 0.230. The van der Waals surface area contributed by atoms with Gasteiger partial charge in [-0.25, -0.2) is 4.98 Å². The highest BCUT2D eigenvalue weighted by Crippen LogP contribution is 2.18. The summed E-state index contributed by atoms with van der Waals surface area (Å²) in [5.41, 5.74) is -0.0277. The van der Waals surface area contributed by atoms with E-state index in [4.69, 9.17) is 0 Å². The Balaban J connectivity index is 1.74. The number of nitrogens with one attached hydrogen (secondary N) is 2. The van der Waals surface area contributed by atoms with Gasteiger partial charge in [0.2, 0.25) is 5.91 Å². The first kappa shape index (κ1) is 12.3. The van der Waals surface area contributed by atoms with E-state index in [0.717, 1.165) is 12.8 Å². The standard InChI is InChI=1S/C12H15N3O3/c16-9-2-1-6-13-11(9)12(18)14-7-5-10(17)15-8-3-4-8/h1-2,6,8,16H,3-5,7H2,(H,14,18)(H,15,17). The second kappa shape index (κ2) is 5.48. The van der Waals surface area contributed by atoms with E-state index in [1.165, 1.54) is 18.3 Å². The van der Waals surface area contributed by atoms with Crippen LogP contribution < -0.4 is 10.6 Å². The maximum atomic E-state index is 11.6. The molecule has 1 aromatic rings. The number of pyridine rings is 1. The van der Waals surface area contributed by atoms with Crippen LogP contribution in [0.25, 0.3) is 0 Å². The number of carbonyl (C=O) groups is 2. The summed E-state index contributed by atoms with van der Waals surface area (Å²) in [6.07, 6.45) is 3.74. The van der Waals surface area contributed by atoms with Gasteiger partial charge in [-0.2, -0.15) is 0 Å². The number of amides is 2. The number of nitrogens with zero attached hydrogens (tertiary/aromatic N) is 1. The smallest absolute Gasteiger partial charge is 0.273 e. The largest absolute Gasteiger partial charge is 0.505 e. The summed E-state index contributed by atoms with van der Waals surface area (Å²) in [5, 5.41) is 14.8. The van der Waals surface area contributed by atoms with Crippen LogP contribution in [0.5, 0.6) is 5.75 Å². The van der Waals surface area contributed by atoms with E-state index < -0.39 is 5.91 Å².